The molecule has 1 atom stereocenters. The second-order valence-corrected chi connectivity index (χ2v) is 3.78. The van der Waals surface area contributed by atoms with Crippen LogP contribution in [0.15, 0.2) is 0 Å². The minimum absolute atomic E-state index is 0.409. The summed E-state index contributed by atoms with van der Waals surface area (Å²) in [5.41, 5.74) is 5.05. The molecule has 4 N–H and O–H groups in total. The Kier molecular flexibility index (Phi) is 5.37. The summed E-state index contributed by atoms with van der Waals surface area (Å²) in [5.74, 6) is 0.109. The van der Waals surface area contributed by atoms with E-state index < -0.39 is 11.9 Å². The summed E-state index contributed by atoms with van der Waals surface area (Å²) in [6, 6.07) is -0.424. The van der Waals surface area contributed by atoms with Crippen molar-refractivity contribution in [3.8, 4) is 0 Å². The van der Waals surface area contributed by atoms with Crippen LogP contribution in [0.5, 0.6) is 0 Å². The molecule has 0 saturated heterocycles. The zero-order valence-electron chi connectivity index (χ0n) is 8.26. The quantitative estimate of drug-likeness (QED) is 0.562. The first-order chi connectivity index (χ1) is 5.93. The lowest BCUT2D eigenvalue weighted by molar-refractivity contribution is -0.119. The van der Waals surface area contributed by atoms with Gasteiger partial charge in [0.05, 0.1) is 0 Å². The average molecular weight is 203 g/mol. The Bertz CT molecular complexity index is 194. The van der Waals surface area contributed by atoms with Crippen molar-refractivity contribution < 1.29 is 4.79 Å². The van der Waals surface area contributed by atoms with Crippen LogP contribution >= 0.6 is 12.2 Å². The van der Waals surface area contributed by atoms with Gasteiger partial charge < -0.3 is 16.4 Å². The number of hydrogen-bond donors (Lipinski definition) is 3. The molecule has 5 heteroatoms. The molecule has 0 fully saturated rings. The number of amides is 1. The highest BCUT2D eigenvalue weighted by molar-refractivity contribution is 7.80. The van der Waals surface area contributed by atoms with Crippen molar-refractivity contribution in [1.29, 1.82) is 0 Å². The van der Waals surface area contributed by atoms with E-state index in [4.69, 9.17) is 18.0 Å². The van der Waals surface area contributed by atoms with E-state index in [9.17, 15) is 4.79 Å². The summed E-state index contributed by atoms with van der Waals surface area (Å²) >= 11 is 4.94. The lowest BCUT2D eigenvalue weighted by Gasteiger charge is -2.15. The molecule has 76 valence electrons. The van der Waals surface area contributed by atoms with E-state index in [1.807, 2.05) is 0 Å². The summed E-state index contributed by atoms with van der Waals surface area (Å²) in [5, 5.41) is 6.23. The predicted octanol–water partition coefficient (Wildman–Crippen LogP) is -0.0197. The number of primary amides is 1. The first-order valence-corrected chi connectivity index (χ1v) is 4.68. The van der Waals surface area contributed by atoms with Crippen molar-refractivity contribution in [3.63, 3.8) is 0 Å². The van der Waals surface area contributed by atoms with Gasteiger partial charge in [-0.3, -0.25) is 4.79 Å². The maximum absolute atomic E-state index is 10.6. The second kappa shape index (κ2) is 5.75. The molecule has 0 aromatic carbocycles. The highest BCUT2D eigenvalue weighted by Crippen LogP contribution is 1.87. The molecule has 0 saturated carbocycles. The first kappa shape index (κ1) is 12.2. The molecule has 0 rings (SSSR count). The summed E-state index contributed by atoms with van der Waals surface area (Å²) in [6.07, 6.45) is 0. The van der Waals surface area contributed by atoms with Gasteiger partial charge in [0.25, 0.3) is 0 Å². The molecule has 0 aliphatic rings. The van der Waals surface area contributed by atoms with Gasteiger partial charge in [-0.1, -0.05) is 13.8 Å². The monoisotopic (exact) mass is 203 g/mol. The highest BCUT2D eigenvalue weighted by Gasteiger charge is 2.08. The normalized spacial score (nSPS) is 12.3. The molecule has 0 heterocycles. The Balaban J connectivity index is 3.68. The summed E-state index contributed by atoms with van der Waals surface area (Å²) in [4.78, 5) is 10.6. The number of carbonyl (C=O) groups excluding carboxylic acids is 1. The molecule has 1 amide bonds. The van der Waals surface area contributed by atoms with Crippen LogP contribution in [-0.2, 0) is 4.79 Å². The zero-order valence-corrected chi connectivity index (χ0v) is 9.07. The van der Waals surface area contributed by atoms with Gasteiger partial charge in [0.2, 0.25) is 5.91 Å². The standard InChI is InChI=1S/C8H17N3OS/c1-5(2)4-10-8(13)11-6(3)7(9)12/h5-6H,4H2,1-3H3,(H2,9,12)(H2,10,11,13). The van der Waals surface area contributed by atoms with Gasteiger partial charge >= 0.3 is 0 Å². The predicted molar refractivity (Wildman–Crippen MR) is 57.2 cm³/mol. The minimum atomic E-state index is -0.424. The number of thiocarbonyl (C=S) groups is 1. The third-order valence-electron chi connectivity index (χ3n) is 1.45. The van der Waals surface area contributed by atoms with E-state index in [1.165, 1.54) is 0 Å². The second-order valence-electron chi connectivity index (χ2n) is 3.37. The van der Waals surface area contributed by atoms with Crippen molar-refractivity contribution in [2.75, 3.05) is 6.54 Å². The van der Waals surface area contributed by atoms with Crippen LogP contribution in [0, 0.1) is 5.92 Å². The van der Waals surface area contributed by atoms with E-state index in [0.29, 0.717) is 11.0 Å². The molecule has 13 heavy (non-hydrogen) atoms. The molecular formula is C8H17N3OS. The van der Waals surface area contributed by atoms with Crippen LogP contribution in [0.1, 0.15) is 20.8 Å². The van der Waals surface area contributed by atoms with Crippen molar-refractivity contribution in [1.82, 2.24) is 10.6 Å². The van der Waals surface area contributed by atoms with Crippen molar-refractivity contribution in [2.45, 2.75) is 26.8 Å². The van der Waals surface area contributed by atoms with Crippen LogP contribution in [0.4, 0.5) is 0 Å². The van der Waals surface area contributed by atoms with Crippen molar-refractivity contribution >= 4 is 23.2 Å². The summed E-state index contributed by atoms with van der Waals surface area (Å²) < 4.78 is 0. The third-order valence-corrected chi connectivity index (χ3v) is 1.71. The Morgan fingerprint density at radius 3 is 2.38 bits per heavy atom. The zero-order chi connectivity index (χ0) is 10.4. The lowest BCUT2D eigenvalue weighted by Crippen LogP contribution is -2.47. The highest BCUT2D eigenvalue weighted by atomic mass is 32.1. The van der Waals surface area contributed by atoms with E-state index in [-0.39, 0.29) is 0 Å². The van der Waals surface area contributed by atoms with Crippen molar-refractivity contribution in [2.24, 2.45) is 11.7 Å². The van der Waals surface area contributed by atoms with E-state index in [2.05, 4.69) is 24.5 Å². The topological polar surface area (TPSA) is 67.2 Å². The smallest absolute Gasteiger partial charge is 0.239 e. The van der Waals surface area contributed by atoms with E-state index >= 15 is 0 Å². The Hall–Kier alpha value is -0.840. The Morgan fingerprint density at radius 1 is 1.46 bits per heavy atom. The molecule has 0 spiro atoms. The minimum Gasteiger partial charge on any atom is -0.368 e. The van der Waals surface area contributed by atoms with Gasteiger partial charge in [-0.05, 0) is 25.1 Å². The lowest BCUT2D eigenvalue weighted by atomic mass is 10.2. The van der Waals surface area contributed by atoms with E-state index in [0.717, 1.165) is 6.54 Å². The molecule has 0 radical (unpaired) electrons. The molecule has 1 unspecified atom stereocenters. The van der Waals surface area contributed by atoms with Crippen LogP contribution < -0.4 is 16.4 Å². The van der Waals surface area contributed by atoms with Crippen LogP contribution in [-0.4, -0.2) is 23.6 Å². The Morgan fingerprint density at radius 2 is 2.00 bits per heavy atom. The van der Waals surface area contributed by atoms with Gasteiger partial charge in [-0.15, -0.1) is 0 Å². The fourth-order valence-electron chi connectivity index (χ4n) is 0.616. The van der Waals surface area contributed by atoms with Gasteiger partial charge in [-0.25, -0.2) is 0 Å². The van der Waals surface area contributed by atoms with E-state index in [1.54, 1.807) is 6.92 Å². The van der Waals surface area contributed by atoms with Gasteiger partial charge in [0.1, 0.15) is 6.04 Å². The molecule has 0 aliphatic heterocycles. The largest absolute Gasteiger partial charge is 0.368 e. The molecule has 4 nitrogen and oxygen atoms in total. The number of hydrogen-bond acceptors (Lipinski definition) is 2. The number of nitrogens with one attached hydrogen (secondary N) is 2. The summed E-state index contributed by atoms with van der Waals surface area (Å²) in [6.45, 7) is 6.61. The van der Waals surface area contributed by atoms with Gasteiger partial charge in [0.15, 0.2) is 5.11 Å². The van der Waals surface area contributed by atoms with Gasteiger partial charge in [0, 0.05) is 6.54 Å². The maximum atomic E-state index is 10.6. The molecule has 0 aliphatic carbocycles. The SMILES string of the molecule is CC(C)CNC(=S)NC(C)C(N)=O. The van der Waals surface area contributed by atoms with Crippen LogP contribution in [0.25, 0.3) is 0 Å². The summed E-state index contributed by atoms with van der Waals surface area (Å²) in [7, 11) is 0. The number of rotatable bonds is 4. The average Bonchev–Trinajstić information content (AvgIpc) is 2.00. The fraction of sp³-hybridized carbons (Fsp3) is 0.750. The molecular weight excluding hydrogens is 186 g/mol. The van der Waals surface area contributed by atoms with Gasteiger partial charge in [-0.2, -0.15) is 0 Å². The molecule has 0 bridgehead atoms. The van der Waals surface area contributed by atoms with Crippen LogP contribution in [0.3, 0.4) is 0 Å². The fourth-order valence-corrected chi connectivity index (χ4v) is 0.876. The number of nitrogens with two attached hydrogens (primary N) is 1. The Labute approximate surface area is 84.3 Å². The van der Waals surface area contributed by atoms with Crippen LogP contribution in [0.2, 0.25) is 0 Å². The third kappa shape index (κ3) is 6.33. The molecule has 0 aromatic heterocycles. The maximum Gasteiger partial charge on any atom is 0.239 e. The number of carbonyl (C=O) groups is 1. The molecule has 0 aromatic rings. The van der Waals surface area contributed by atoms with Crippen molar-refractivity contribution in [3.05, 3.63) is 0 Å². The first-order valence-electron chi connectivity index (χ1n) is 4.27.